The predicted molar refractivity (Wildman–Crippen MR) is 101 cm³/mol. The minimum absolute atomic E-state index is 0.0314. The van der Waals surface area contributed by atoms with Crippen molar-refractivity contribution in [1.82, 2.24) is 14.1 Å². The summed E-state index contributed by atoms with van der Waals surface area (Å²) in [5.41, 5.74) is 1.02. The Balaban J connectivity index is 1.79. The van der Waals surface area contributed by atoms with Crippen molar-refractivity contribution in [3.8, 4) is 0 Å². The van der Waals surface area contributed by atoms with Crippen LogP contribution in [0.4, 0.5) is 0 Å². The number of carbonyl (C=O) groups is 1. The van der Waals surface area contributed by atoms with E-state index < -0.39 is 16.1 Å². The highest BCUT2D eigenvalue weighted by molar-refractivity contribution is 7.89. The summed E-state index contributed by atoms with van der Waals surface area (Å²) < 4.78 is 27.7. The highest BCUT2D eigenvalue weighted by atomic mass is 32.2. The van der Waals surface area contributed by atoms with Crippen molar-refractivity contribution in [2.24, 2.45) is 0 Å². The Kier molecular flexibility index (Phi) is 5.99. The Labute approximate surface area is 156 Å². The van der Waals surface area contributed by atoms with Gasteiger partial charge in [-0.05, 0) is 38.4 Å². The van der Waals surface area contributed by atoms with E-state index in [4.69, 9.17) is 0 Å². The Morgan fingerprint density at radius 1 is 1.04 bits per heavy atom. The van der Waals surface area contributed by atoms with Gasteiger partial charge in [-0.2, -0.15) is 4.31 Å². The number of aryl methyl sites for hydroxylation is 1. The van der Waals surface area contributed by atoms with Gasteiger partial charge in [-0.3, -0.25) is 4.79 Å². The van der Waals surface area contributed by atoms with Gasteiger partial charge in [-0.25, -0.2) is 8.42 Å². The third-order valence-electron chi connectivity index (χ3n) is 5.50. The molecule has 0 saturated carbocycles. The van der Waals surface area contributed by atoms with Gasteiger partial charge < -0.3 is 9.80 Å². The molecule has 1 aromatic carbocycles. The summed E-state index contributed by atoms with van der Waals surface area (Å²) in [6.07, 6.45) is 2.31. The van der Waals surface area contributed by atoms with Crippen molar-refractivity contribution >= 4 is 15.9 Å². The molecular weight excluding hydrogens is 350 g/mol. The molecule has 1 atom stereocenters. The molecule has 7 heteroatoms. The molecule has 1 aromatic rings. The molecule has 0 aromatic heterocycles. The topological polar surface area (TPSA) is 60.9 Å². The van der Waals surface area contributed by atoms with Crippen LogP contribution in [-0.4, -0.2) is 73.7 Å². The third kappa shape index (κ3) is 3.94. The maximum absolute atomic E-state index is 13.1. The molecule has 0 spiro atoms. The van der Waals surface area contributed by atoms with E-state index >= 15 is 0 Å². The smallest absolute Gasteiger partial charge is 0.243 e. The van der Waals surface area contributed by atoms with Crippen LogP contribution in [0.3, 0.4) is 0 Å². The Morgan fingerprint density at radius 3 is 2.31 bits per heavy atom. The first kappa shape index (κ1) is 19.3. The number of nitrogens with zero attached hydrogens (tertiary/aromatic N) is 3. The zero-order chi connectivity index (χ0) is 18.7. The maximum Gasteiger partial charge on any atom is 0.243 e. The number of rotatable bonds is 4. The van der Waals surface area contributed by atoms with Crippen LogP contribution in [0.5, 0.6) is 0 Å². The van der Waals surface area contributed by atoms with Gasteiger partial charge in [0.15, 0.2) is 0 Å². The third-order valence-corrected chi connectivity index (χ3v) is 7.42. The molecule has 0 bridgehead atoms. The van der Waals surface area contributed by atoms with Crippen molar-refractivity contribution in [2.75, 3.05) is 39.3 Å². The van der Waals surface area contributed by atoms with E-state index in [1.54, 1.807) is 24.3 Å². The maximum atomic E-state index is 13.1. The largest absolute Gasteiger partial charge is 0.339 e. The number of sulfonamides is 1. The summed E-state index contributed by atoms with van der Waals surface area (Å²) in [7, 11) is -3.65. The number of piperazine rings is 1. The summed E-state index contributed by atoms with van der Waals surface area (Å²) in [5.74, 6) is -0.0314. The molecule has 1 amide bonds. The monoisotopic (exact) mass is 379 g/mol. The van der Waals surface area contributed by atoms with Crippen LogP contribution in [0, 0.1) is 6.92 Å². The lowest BCUT2D eigenvalue weighted by Crippen LogP contribution is -2.57. The lowest BCUT2D eigenvalue weighted by molar-refractivity contribution is -0.138. The van der Waals surface area contributed by atoms with Crippen molar-refractivity contribution in [3.05, 3.63) is 29.8 Å². The fourth-order valence-corrected chi connectivity index (χ4v) is 5.43. The van der Waals surface area contributed by atoms with Crippen molar-refractivity contribution in [3.63, 3.8) is 0 Å². The molecule has 0 radical (unpaired) electrons. The standard InChI is InChI=1S/C19H29N3O3S/c1-3-20-12-14-21(15-13-20)19(23)18-6-4-5-11-22(18)26(24,25)17-9-7-16(2)8-10-17/h7-10,18H,3-6,11-15H2,1-2H3/t18-/m0/s1. The molecule has 2 fully saturated rings. The van der Waals surface area contributed by atoms with Crippen LogP contribution in [-0.2, 0) is 14.8 Å². The van der Waals surface area contributed by atoms with Crippen LogP contribution in [0.1, 0.15) is 31.7 Å². The van der Waals surface area contributed by atoms with Crippen LogP contribution >= 0.6 is 0 Å². The van der Waals surface area contributed by atoms with Gasteiger partial charge in [0.05, 0.1) is 4.90 Å². The molecule has 0 unspecified atom stereocenters. The Morgan fingerprint density at radius 2 is 1.69 bits per heavy atom. The minimum atomic E-state index is -3.65. The van der Waals surface area contributed by atoms with Crippen molar-refractivity contribution in [2.45, 2.75) is 44.0 Å². The molecule has 2 saturated heterocycles. The first-order valence-electron chi connectivity index (χ1n) is 9.53. The van der Waals surface area contributed by atoms with Gasteiger partial charge in [0.25, 0.3) is 0 Å². The lowest BCUT2D eigenvalue weighted by atomic mass is 10.0. The number of likely N-dealkylation sites (N-methyl/N-ethyl adjacent to an activating group) is 1. The van der Waals surface area contributed by atoms with Gasteiger partial charge in [-0.1, -0.05) is 31.0 Å². The highest BCUT2D eigenvalue weighted by Gasteiger charge is 2.39. The van der Waals surface area contributed by atoms with E-state index in [-0.39, 0.29) is 10.8 Å². The average Bonchev–Trinajstić information content (AvgIpc) is 2.68. The zero-order valence-corrected chi connectivity index (χ0v) is 16.5. The van der Waals surface area contributed by atoms with Gasteiger partial charge in [0.2, 0.25) is 15.9 Å². The summed E-state index contributed by atoms with van der Waals surface area (Å²) in [5, 5.41) is 0. The summed E-state index contributed by atoms with van der Waals surface area (Å²) in [6.45, 7) is 8.54. The van der Waals surface area contributed by atoms with Crippen LogP contribution < -0.4 is 0 Å². The van der Waals surface area contributed by atoms with Gasteiger partial charge in [-0.15, -0.1) is 0 Å². The first-order chi connectivity index (χ1) is 12.4. The highest BCUT2D eigenvalue weighted by Crippen LogP contribution is 2.27. The Bertz CT molecular complexity index is 725. The predicted octanol–water partition coefficient (Wildman–Crippen LogP) is 1.70. The van der Waals surface area contributed by atoms with E-state index in [2.05, 4.69) is 11.8 Å². The van der Waals surface area contributed by atoms with E-state index in [0.29, 0.717) is 26.1 Å². The van der Waals surface area contributed by atoms with Gasteiger partial charge in [0, 0.05) is 32.7 Å². The fraction of sp³-hybridized carbons (Fsp3) is 0.632. The van der Waals surface area contributed by atoms with Crippen LogP contribution in [0.2, 0.25) is 0 Å². The number of hydrogen-bond donors (Lipinski definition) is 0. The molecule has 26 heavy (non-hydrogen) atoms. The minimum Gasteiger partial charge on any atom is -0.339 e. The average molecular weight is 380 g/mol. The van der Waals surface area contributed by atoms with E-state index in [1.165, 1.54) is 4.31 Å². The molecule has 6 nitrogen and oxygen atoms in total. The molecule has 2 heterocycles. The summed E-state index contributed by atoms with van der Waals surface area (Å²) in [6, 6.07) is 6.32. The fourth-order valence-electron chi connectivity index (χ4n) is 3.78. The second-order valence-electron chi connectivity index (χ2n) is 7.20. The normalized spacial score (nSPS) is 23.2. The SMILES string of the molecule is CCN1CCN(C(=O)[C@@H]2CCCCN2S(=O)(=O)c2ccc(C)cc2)CC1. The second-order valence-corrected chi connectivity index (χ2v) is 9.09. The van der Waals surface area contributed by atoms with Crippen molar-refractivity contribution in [1.29, 1.82) is 0 Å². The van der Waals surface area contributed by atoms with Gasteiger partial charge >= 0.3 is 0 Å². The van der Waals surface area contributed by atoms with Crippen LogP contribution in [0.25, 0.3) is 0 Å². The molecule has 3 rings (SSSR count). The Hall–Kier alpha value is -1.44. The number of benzene rings is 1. The molecular formula is C19H29N3O3S. The number of carbonyl (C=O) groups excluding carboxylic acids is 1. The summed E-state index contributed by atoms with van der Waals surface area (Å²) >= 11 is 0. The molecule has 0 N–H and O–H groups in total. The zero-order valence-electron chi connectivity index (χ0n) is 15.7. The lowest BCUT2D eigenvalue weighted by Gasteiger charge is -2.40. The van der Waals surface area contributed by atoms with E-state index in [1.807, 2.05) is 11.8 Å². The van der Waals surface area contributed by atoms with Crippen LogP contribution in [0.15, 0.2) is 29.2 Å². The number of amides is 1. The molecule has 144 valence electrons. The number of hydrogen-bond acceptors (Lipinski definition) is 4. The van der Waals surface area contributed by atoms with E-state index in [0.717, 1.165) is 38.0 Å². The molecule has 2 aliphatic heterocycles. The van der Waals surface area contributed by atoms with E-state index in [9.17, 15) is 13.2 Å². The molecule has 0 aliphatic carbocycles. The first-order valence-corrected chi connectivity index (χ1v) is 11.0. The molecule has 2 aliphatic rings. The number of piperidine rings is 1. The quantitative estimate of drug-likeness (QED) is 0.799. The second kappa shape index (κ2) is 8.06. The van der Waals surface area contributed by atoms with Crippen molar-refractivity contribution < 1.29 is 13.2 Å². The van der Waals surface area contributed by atoms with Gasteiger partial charge in [0.1, 0.15) is 6.04 Å². The summed E-state index contributed by atoms with van der Waals surface area (Å²) in [4.78, 5) is 17.5.